The van der Waals surface area contributed by atoms with Gasteiger partial charge in [-0.3, -0.25) is 0 Å². The largest absolute Gasteiger partial charge is 0.487 e. The molecule has 1 saturated carbocycles. The molecule has 1 aromatic carbocycles. The highest BCUT2D eigenvalue weighted by molar-refractivity contribution is 7.88. The summed E-state index contributed by atoms with van der Waals surface area (Å²) >= 11 is 5.86. The Morgan fingerprint density at radius 1 is 1.24 bits per heavy atom. The van der Waals surface area contributed by atoms with Gasteiger partial charge in [-0.1, -0.05) is 24.6 Å². The van der Waals surface area contributed by atoms with Crippen LogP contribution in [-0.2, 0) is 10.0 Å². The van der Waals surface area contributed by atoms with E-state index in [0.29, 0.717) is 28.9 Å². The number of aromatic nitrogens is 2. The molecule has 182 valence electrons. The molecule has 1 unspecified atom stereocenters. The average molecular weight is 511 g/mol. The van der Waals surface area contributed by atoms with E-state index < -0.39 is 21.7 Å². The van der Waals surface area contributed by atoms with Crippen LogP contribution in [0.4, 0.5) is 14.7 Å². The number of halogens is 3. The lowest BCUT2D eigenvalue weighted by atomic mass is 10.00. The lowest BCUT2D eigenvalue weighted by Crippen LogP contribution is -2.33. The molecule has 0 radical (unpaired) electrons. The van der Waals surface area contributed by atoms with Crippen molar-refractivity contribution in [2.24, 2.45) is 17.3 Å². The Labute approximate surface area is 202 Å². The fraction of sp³-hybridized carbons (Fsp3) is 0.478. The zero-order chi connectivity index (χ0) is 24.3. The van der Waals surface area contributed by atoms with Crippen LogP contribution in [-0.4, -0.2) is 61.7 Å². The second-order valence-corrected chi connectivity index (χ2v) is 11.9. The minimum atomic E-state index is -3.29. The van der Waals surface area contributed by atoms with E-state index in [1.54, 1.807) is 18.5 Å². The van der Waals surface area contributed by atoms with E-state index in [1.807, 2.05) is 0 Å². The molecule has 11 heteroatoms. The number of hydrogen-bond acceptors (Lipinski definition) is 6. The zero-order valence-corrected chi connectivity index (χ0v) is 20.4. The van der Waals surface area contributed by atoms with Crippen molar-refractivity contribution in [2.45, 2.75) is 13.3 Å². The molecule has 3 heterocycles. The second-order valence-electron chi connectivity index (χ2n) is 9.48. The first-order valence-electron chi connectivity index (χ1n) is 11.0. The van der Waals surface area contributed by atoms with Crippen LogP contribution in [0.3, 0.4) is 0 Å². The molecule has 1 aromatic heterocycles. The molecule has 3 atom stereocenters. The lowest BCUT2D eigenvalue weighted by molar-refractivity contribution is 0.247. The standard InChI is InChI=1S/C23H25ClF2N4O3S/c1-23-13-29(22-27-9-16(24)10-28-22)11-17(23)18(23)12-33-21-19(25)7-15(8-20(21)26)14-3-5-30(6-4-14)34(2,31)32/h3,7-10,17-18H,4-6,11-13H2,1-2H3/t17?,18-,23-/m1/s1. The van der Waals surface area contributed by atoms with Gasteiger partial charge in [0.05, 0.1) is 30.3 Å². The van der Waals surface area contributed by atoms with Crippen molar-refractivity contribution in [1.29, 1.82) is 0 Å². The van der Waals surface area contributed by atoms with Gasteiger partial charge in [0.1, 0.15) is 0 Å². The van der Waals surface area contributed by atoms with E-state index >= 15 is 0 Å². The number of rotatable bonds is 6. The molecule has 34 heavy (non-hydrogen) atoms. The Morgan fingerprint density at radius 2 is 1.91 bits per heavy atom. The predicted octanol–water partition coefficient (Wildman–Crippen LogP) is 3.61. The zero-order valence-electron chi connectivity index (χ0n) is 18.8. The highest BCUT2D eigenvalue weighted by atomic mass is 35.5. The van der Waals surface area contributed by atoms with Gasteiger partial charge in [0.15, 0.2) is 17.4 Å². The summed E-state index contributed by atoms with van der Waals surface area (Å²) in [7, 11) is -3.29. The summed E-state index contributed by atoms with van der Waals surface area (Å²) in [5.41, 5.74) is 1.11. The fourth-order valence-electron chi connectivity index (χ4n) is 5.25. The molecular weight excluding hydrogens is 486 g/mol. The molecule has 2 aromatic rings. The molecule has 1 saturated heterocycles. The molecule has 1 aliphatic carbocycles. The van der Waals surface area contributed by atoms with Gasteiger partial charge < -0.3 is 9.64 Å². The summed E-state index contributed by atoms with van der Waals surface area (Å²) in [6.45, 7) is 4.36. The van der Waals surface area contributed by atoms with Crippen LogP contribution in [0.25, 0.3) is 5.57 Å². The normalized spacial score (nSPS) is 26.9. The van der Waals surface area contributed by atoms with Gasteiger partial charge in [-0.2, -0.15) is 4.31 Å². The molecule has 2 fully saturated rings. The van der Waals surface area contributed by atoms with E-state index in [-0.39, 0.29) is 36.8 Å². The summed E-state index contributed by atoms with van der Waals surface area (Å²) < 4.78 is 59.8. The third-order valence-corrected chi connectivity index (χ3v) is 8.79. The minimum Gasteiger partial charge on any atom is -0.487 e. The number of benzene rings is 1. The number of nitrogens with zero attached hydrogens (tertiary/aromatic N) is 4. The summed E-state index contributed by atoms with van der Waals surface area (Å²) in [5, 5.41) is 0.483. The maximum atomic E-state index is 14.8. The maximum absolute atomic E-state index is 14.8. The van der Waals surface area contributed by atoms with Crippen LogP contribution in [0, 0.1) is 28.9 Å². The monoisotopic (exact) mass is 510 g/mol. The van der Waals surface area contributed by atoms with Crippen LogP contribution in [0.15, 0.2) is 30.6 Å². The third kappa shape index (κ3) is 4.27. The van der Waals surface area contributed by atoms with Gasteiger partial charge in [-0.25, -0.2) is 27.2 Å². The summed E-state index contributed by atoms with van der Waals surface area (Å²) in [5.74, 6) is -0.728. The molecule has 0 amide bonds. The molecule has 3 aliphatic rings. The number of ether oxygens (including phenoxy) is 1. The summed E-state index contributed by atoms with van der Waals surface area (Å²) in [6, 6.07) is 2.52. The predicted molar refractivity (Wildman–Crippen MR) is 125 cm³/mol. The van der Waals surface area contributed by atoms with Crippen molar-refractivity contribution < 1.29 is 21.9 Å². The molecule has 0 spiro atoms. The van der Waals surface area contributed by atoms with Gasteiger partial charge in [0.25, 0.3) is 0 Å². The van der Waals surface area contributed by atoms with Crippen molar-refractivity contribution in [3.05, 3.63) is 52.8 Å². The van der Waals surface area contributed by atoms with Crippen LogP contribution in [0.5, 0.6) is 5.75 Å². The number of anilines is 1. The molecule has 5 rings (SSSR count). The number of sulfonamides is 1. The fourth-order valence-corrected chi connectivity index (χ4v) is 6.11. The number of fused-ring (bicyclic) bond motifs is 1. The lowest BCUT2D eigenvalue weighted by Gasteiger charge is -2.24. The molecule has 7 nitrogen and oxygen atoms in total. The van der Waals surface area contributed by atoms with Crippen molar-refractivity contribution >= 4 is 33.1 Å². The third-order valence-electron chi connectivity index (χ3n) is 7.33. The molecule has 0 bridgehead atoms. The minimum absolute atomic E-state index is 0.0196. The topological polar surface area (TPSA) is 75.6 Å². The van der Waals surface area contributed by atoms with Crippen molar-refractivity contribution in [3.8, 4) is 5.75 Å². The van der Waals surface area contributed by atoms with E-state index in [2.05, 4.69) is 21.8 Å². The van der Waals surface area contributed by atoms with Crippen molar-refractivity contribution in [2.75, 3.05) is 43.9 Å². The number of piperidine rings is 1. The maximum Gasteiger partial charge on any atom is 0.225 e. The van der Waals surface area contributed by atoms with Gasteiger partial charge >= 0.3 is 0 Å². The summed E-state index contributed by atoms with van der Waals surface area (Å²) in [6.07, 6.45) is 6.37. The molecule has 0 N–H and O–H groups in total. The first kappa shape index (κ1) is 23.4. The Kier molecular flexibility index (Phi) is 5.81. The Bertz CT molecular complexity index is 1230. The van der Waals surface area contributed by atoms with Crippen LogP contribution >= 0.6 is 11.6 Å². The average Bonchev–Trinajstić information content (AvgIpc) is 3.14. The molecular formula is C23H25ClF2N4O3S. The SMILES string of the molecule is C[C@@]12CN(c3ncc(Cl)cn3)CC1[C@H]2COc1c(F)cc(C2=CCN(S(C)(=O)=O)CC2)cc1F. The first-order valence-corrected chi connectivity index (χ1v) is 13.3. The highest BCUT2D eigenvalue weighted by Crippen LogP contribution is 2.63. The highest BCUT2D eigenvalue weighted by Gasteiger charge is 2.66. The van der Waals surface area contributed by atoms with Gasteiger partial charge in [-0.05, 0) is 41.0 Å². The van der Waals surface area contributed by atoms with Crippen molar-refractivity contribution in [1.82, 2.24) is 14.3 Å². The Hall–Kier alpha value is -2.30. The van der Waals surface area contributed by atoms with E-state index in [9.17, 15) is 17.2 Å². The molecule has 2 aliphatic heterocycles. The Morgan fingerprint density at radius 3 is 2.44 bits per heavy atom. The first-order chi connectivity index (χ1) is 16.1. The van der Waals surface area contributed by atoms with E-state index in [1.165, 1.54) is 16.4 Å². The van der Waals surface area contributed by atoms with Gasteiger partial charge in [0.2, 0.25) is 16.0 Å². The Balaban J connectivity index is 1.21. The van der Waals surface area contributed by atoms with E-state index in [4.69, 9.17) is 16.3 Å². The smallest absolute Gasteiger partial charge is 0.225 e. The van der Waals surface area contributed by atoms with Crippen molar-refractivity contribution in [3.63, 3.8) is 0 Å². The van der Waals surface area contributed by atoms with Gasteiger partial charge in [-0.15, -0.1) is 0 Å². The van der Waals surface area contributed by atoms with Crippen LogP contribution < -0.4 is 9.64 Å². The van der Waals surface area contributed by atoms with E-state index in [0.717, 1.165) is 24.9 Å². The number of hydrogen-bond donors (Lipinski definition) is 0. The van der Waals surface area contributed by atoms with Crippen LogP contribution in [0.2, 0.25) is 5.02 Å². The quantitative estimate of drug-likeness (QED) is 0.591. The second kappa shape index (κ2) is 8.42. The van der Waals surface area contributed by atoms with Gasteiger partial charge in [0, 0.05) is 32.1 Å². The van der Waals surface area contributed by atoms with Crippen LogP contribution in [0.1, 0.15) is 18.9 Å². The summed E-state index contributed by atoms with van der Waals surface area (Å²) in [4.78, 5) is 10.6.